The fourth-order valence-electron chi connectivity index (χ4n) is 3.76. The van der Waals surface area contributed by atoms with Crippen molar-refractivity contribution in [2.45, 2.75) is 44.0 Å². The third kappa shape index (κ3) is 3.51. The van der Waals surface area contributed by atoms with E-state index in [1.807, 2.05) is 43.0 Å². The van der Waals surface area contributed by atoms with Gasteiger partial charge in [0, 0.05) is 24.2 Å². The van der Waals surface area contributed by atoms with E-state index in [0.29, 0.717) is 13.0 Å². The number of hydrogen-bond acceptors (Lipinski definition) is 3. The molecule has 27 heavy (non-hydrogen) atoms. The first kappa shape index (κ1) is 18.2. The van der Waals surface area contributed by atoms with Crippen LogP contribution in [0.4, 0.5) is 5.69 Å². The van der Waals surface area contributed by atoms with Crippen LogP contribution in [0.1, 0.15) is 42.5 Å². The van der Waals surface area contributed by atoms with Crippen molar-refractivity contribution in [3.8, 4) is 0 Å². The zero-order chi connectivity index (χ0) is 19.2. The van der Waals surface area contributed by atoms with E-state index < -0.39 is 10.0 Å². The van der Waals surface area contributed by atoms with E-state index in [1.165, 1.54) is 0 Å². The Morgan fingerprint density at radius 1 is 1.19 bits per heavy atom. The van der Waals surface area contributed by atoms with Gasteiger partial charge in [0.05, 0.1) is 4.90 Å². The van der Waals surface area contributed by atoms with Gasteiger partial charge >= 0.3 is 0 Å². The molecule has 5 nitrogen and oxygen atoms in total. The second kappa shape index (κ2) is 6.77. The summed E-state index contributed by atoms with van der Waals surface area (Å²) < 4.78 is 28.5. The minimum atomic E-state index is -3.64. The minimum absolute atomic E-state index is 0.163. The quantitative estimate of drug-likeness (QED) is 0.860. The smallest absolute Gasteiger partial charge is 0.241 e. The van der Waals surface area contributed by atoms with Crippen molar-refractivity contribution >= 4 is 21.6 Å². The number of fused-ring (bicyclic) bond motifs is 1. The van der Waals surface area contributed by atoms with Crippen LogP contribution >= 0.6 is 0 Å². The standard InChI is InChI=1S/C21H24N2O3S/c1-14-5-3-4-6-19(14)15(2)22-27(25,26)18-9-10-20-17(13-18)11-12-23(20)21(24)16-7-8-16/h3-6,9-10,13,15-16,22H,7-8,11-12H2,1-2H3. The van der Waals surface area contributed by atoms with Gasteiger partial charge in [-0.25, -0.2) is 13.1 Å². The maximum atomic E-state index is 12.9. The van der Waals surface area contributed by atoms with Gasteiger partial charge in [-0.15, -0.1) is 0 Å². The third-order valence-corrected chi connectivity index (χ3v) is 6.97. The van der Waals surface area contributed by atoms with Crippen molar-refractivity contribution in [1.82, 2.24) is 4.72 Å². The Morgan fingerprint density at radius 3 is 2.63 bits per heavy atom. The van der Waals surface area contributed by atoms with Crippen LogP contribution in [0.15, 0.2) is 47.4 Å². The zero-order valence-corrected chi connectivity index (χ0v) is 16.4. The topological polar surface area (TPSA) is 66.5 Å². The van der Waals surface area contributed by atoms with E-state index in [9.17, 15) is 13.2 Å². The van der Waals surface area contributed by atoms with Gasteiger partial charge in [-0.05, 0) is 68.0 Å². The number of benzene rings is 2. The molecule has 1 unspecified atom stereocenters. The number of carbonyl (C=O) groups is 1. The SMILES string of the molecule is Cc1ccccc1C(C)NS(=O)(=O)c1ccc2c(c1)CCN2C(=O)C1CC1. The summed E-state index contributed by atoms with van der Waals surface area (Å²) in [5.74, 6) is 0.339. The van der Waals surface area contributed by atoms with Crippen LogP contribution in [0.25, 0.3) is 0 Å². The molecule has 0 radical (unpaired) electrons. The Labute approximate surface area is 160 Å². The third-order valence-electron chi connectivity index (χ3n) is 5.44. The van der Waals surface area contributed by atoms with Crippen LogP contribution in [0.2, 0.25) is 0 Å². The van der Waals surface area contributed by atoms with E-state index in [4.69, 9.17) is 0 Å². The Hall–Kier alpha value is -2.18. The molecule has 0 bridgehead atoms. The predicted molar refractivity (Wildman–Crippen MR) is 105 cm³/mol. The van der Waals surface area contributed by atoms with Crippen molar-refractivity contribution in [2.24, 2.45) is 5.92 Å². The van der Waals surface area contributed by atoms with Gasteiger partial charge in [0.25, 0.3) is 0 Å². The maximum absolute atomic E-state index is 12.9. The van der Waals surface area contributed by atoms with E-state index in [1.54, 1.807) is 18.2 Å². The fraction of sp³-hybridized carbons (Fsp3) is 0.381. The molecule has 1 atom stereocenters. The number of anilines is 1. The van der Waals surface area contributed by atoms with E-state index >= 15 is 0 Å². The van der Waals surface area contributed by atoms with Crippen LogP contribution in [-0.4, -0.2) is 20.9 Å². The highest BCUT2D eigenvalue weighted by Crippen LogP contribution is 2.37. The van der Waals surface area contributed by atoms with Crippen LogP contribution in [-0.2, 0) is 21.2 Å². The molecule has 4 rings (SSSR count). The number of carbonyl (C=O) groups excluding carboxylic acids is 1. The average molecular weight is 385 g/mol. The first-order valence-corrected chi connectivity index (χ1v) is 10.9. The molecule has 1 aliphatic carbocycles. The predicted octanol–water partition coefficient (Wildman–Crippen LogP) is 3.33. The highest BCUT2D eigenvalue weighted by Gasteiger charge is 2.36. The van der Waals surface area contributed by atoms with E-state index in [0.717, 1.165) is 35.2 Å². The number of hydrogen-bond donors (Lipinski definition) is 1. The molecular formula is C21H24N2O3S. The second-order valence-electron chi connectivity index (χ2n) is 7.50. The van der Waals surface area contributed by atoms with Gasteiger partial charge in [-0.1, -0.05) is 24.3 Å². The maximum Gasteiger partial charge on any atom is 0.241 e. The average Bonchev–Trinajstić information content (AvgIpc) is 3.40. The van der Waals surface area contributed by atoms with Gasteiger partial charge in [-0.2, -0.15) is 0 Å². The molecule has 2 aromatic carbocycles. The molecule has 1 saturated carbocycles. The molecule has 2 aromatic rings. The number of sulfonamides is 1. The van der Waals surface area contributed by atoms with Crippen molar-refractivity contribution in [3.63, 3.8) is 0 Å². The van der Waals surface area contributed by atoms with Crippen molar-refractivity contribution < 1.29 is 13.2 Å². The summed E-state index contributed by atoms with van der Waals surface area (Å²) in [6, 6.07) is 12.5. The lowest BCUT2D eigenvalue weighted by Gasteiger charge is -2.19. The molecule has 6 heteroatoms. The first-order valence-electron chi connectivity index (χ1n) is 9.39. The second-order valence-corrected chi connectivity index (χ2v) is 9.22. The lowest BCUT2D eigenvalue weighted by molar-refractivity contribution is -0.119. The summed E-state index contributed by atoms with van der Waals surface area (Å²) in [6.07, 6.45) is 2.64. The molecule has 1 heterocycles. The lowest BCUT2D eigenvalue weighted by Crippen LogP contribution is -2.30. The van der Waals surface area contributed by atoms with E-state index in [2.05, 4.69) is 4.72 Å². The molecule has 0 saturated heterocycles. The normalized spacial score (nSPS) is 17.6. The molecule has 1 amide bonds. The molecular weight excluding hydrogens is 360 g/mol. The highest BCUT2D eigenvalue weighted by molar-refractivity contribution is 7.89. The van der Waals surface area contributed by atoms with Gasteiger partial charge in [0.1, 0.15) is 0 Å². The summed E-state index contributed by atoms with van der Waals surface area (Å²) in [4.78, 5) is 14.4. The Bertz CT molecular complexity index is 996. The summed E-state index contributed by atoms with van der Waals surface area (Å²) in [5, 5.41) is 0. The highest BCUT2D eigenvalue weighted by atomic mass is 32.2. The minimum Gasteiger partial charge on any atom is -0.312 e. The van der Waals surface area contributed by atoms with Gasteiger partial charge in [0.2, 0.25) is 15.9 Å². The first-order chi connectivity index (χ1) is 12.9. The zero-order valence-electron chi connectivity index (χ0n) is 15.6. The van der Waals surface area contributed by atoms with Gasteiger partial charge in [-0.3, -0.25) is 4.79 Å². The fourth-order valence-corrected chi connectivity index (χ4v) is 5.03. The largest absolute Gasteiger partial charge is 0.312 e. The Kier molecular flexibility index (Phi) is 4.56. The number of rotatable bonds is 5. The summed E-state index contributed by atoms with van der Waals surface area (Å²) >= 11 is 0. The van der Waals surface area contributed by atoms with Crippen molar-refractivity contribution in [3.05, 3.63) is 59.2 Å². The van der Waals surface area contributed by atoms with Gasteiger partial charge < -0.3 is 4.90 Å². The molecule has 0 aromatic heterocycles. The lowest BCUT2D eigenvalue weighted by atomic mass is 10.0. The Balaban J connectivity index is 1.56. The van der Waals surface area contributed by atoms with Gasteiger partial charge in [0.15, 0.2) is 0 Å². The van der Waals surface area contributed by atoms with E-state index in [-0.39, 0.29) is 22.8 Å². The molecule has 142 valence electrons. The van der Waals surface area contributed by atoms with Crippen LogP contribution in [0.5, 0.6) is 0 Å². The monoisotopic (exact) mass is 384 g/mol. The van der Waals surface area contributed by atoms with Crippen LogP contribution in [0, 0.1) is 12.8 Å². The molecule has 0 spiro atoms. The van der Waals surface area contributed by atoms with Crippen LogP contribution in [0.3, 0.4) is 0 Å². The molecule has 2 aliphatic rings. The number of nitrogens with zero attached hydrogens (tertiary/aromatic N) is 1. The van der Waals surface area contributed by atoms with Crippen molar-refractivity contribution in [2.75, 3.05) is 11.4 Å². The number of nitrogens with one attached hydrogen (secondary N) is 1. The number of aryl methyl sites for hydroxylation is 1. The molecule has 1 aliphatic heterocycles. The summed E-state index contributed by atoms with van der Waals surface area (Å²) in [5.41, 5.74) is 3.80. The molecule has 1 fully saturated rings. The Morgan fingerprint density at radius 2 is 1.93 bits per heavy atom. The summed E-state index contributed by atoms with van der Waals surface area (Å²) in [7, 11) is -3.64. The molecule has 1 N–H and O–H groups in total. The van der Waals surface area contributed by atoms with Crippen LogP contribution < -0.4 is 9.62 Å². The number of amides is 1. The van der Waals surface area contributed by atoms with Crippen molar-refractivity contribution in [1.29, 1.82) is 0 Å². The summed E-state index contributed by atoms with van der Waals surface area (Å²) in [6.45, 7) is 4.46.